The van der Waals surface area contributed by atoms with E-state index in [1.807, 2.05) is 0 Å². The number of likely N-dealkylation sites (N-methyl/N-ethyl adjacent to an activating group) is 2. The second kappa shape index (κ2) is 7.37. The lowest BCUT2D eigenvalue weighted by molar-refractivity contribution is 0.210. The van der Waals surface area contributed by atoms with E-state index in [9.17, 15) is 0 Å². The van der Waals surface area contributed by atoms with Crippen molar-refractivity contribution < 1.29 is 4.74 Å². The fourth-order valence-corrected chi connectivity index (χ4v) is 3.46. The SMILES string of the molecule is CCN(CCN(C)C)C1c2ccccc2COc2ccc(C)cc21. The highest BCUT2D eigenvalue weighted by atomic mass is 16.5. The van der Waals surface area contributed by atoms with Gasteiger partial charge in [0.05, 0.1) is 6.04 Å². The van der Waals surface area contributed by atoms with Crippen LogP contribution >= 0.6 is 0 Å². The molecule has 0 bridgehead atoms. The highest BCUT2D eigenvalue weighted by Gasteiger charge is 2.28. The maximum Gasteiger partial charge on any atom is 0.124 e. The van der Waals surface area contributed by atoms with Crippen LogP contribution in [-0.2, 0) is 6.61 Å². The van der Waals surface area contributed by atoms with Gasteiger partial charge >= 0.3 is 0 Å². The van der Waals surface area contributed by atoms with E-state index >= 15 is 0 Å². The number of aryl methyl sites for hydroxylation is 1. The van der Waals surface area contributed by atoms with E-state index in [-0.39, 0.29) is 6.04 Å². The molecule has 0 radical (unpaired) electrons. The van der Waals surface area contributed by atoms with Crippen molar-refractivity contribution in [3.8, 4) is 5.75 Å². The molecule has 0 N–H and O–H groups in total. The molecule has 1 atom stereocenters. The van der Waals surface area contributed by atoms with E-state index in [1.54, 1.807) is 0 Å². The van der Waals surface area contributed by atoms with Crippen LogP contribution < -0.4 is 4.74 Å². The van der Waals surface area contributed by atoms with Crippen LogP contribution in [0.3, 0.4) is 0 Å². The molecule has 0 aliphatic carbocycles. The molecular weight excluding hydrogens is 296 g/mol. The van der Waals surface area contributed by atoms with E-state index in [0.29, 0.717) is 6.61 Å². The Hall–Kier alpha value is -1.84. The van der Waals surface area contributed by atoms with Crippen LogP contribution in [0.25, 0.3) is 0 Å². The van der Waals surface area contributed by atoms with Crippen LogP contribution in [0.15, 0.2) is 42.5 Å². The topological polar surface area (TPSA) is 15.7 Å². The minimum absolute atomic E-state index is 0.253. The Kier molecular flexibility index (Phi) is 5.22. The molecule has 0 saturated carbocycles. The first-order valence-corrected chi connectivity index (χ1v) is 8.80. The predicted octanol–water partition coefficient (Wildman–Crippen LogP) is 3.86. The van der Waals surface area contributed by atoms with Gasteiger partial charge in [0.1, 0.15) is 12.4 Å². The fraction of sp³-hybridized carbons (Fsp3) is 0.429. The normalized spacial score (nSPS) is 16.5. The van der Waals surface area contributed by atoms with Gasteiger partial charge in [-0.2, -0.15) is 0 Å². The molecule has 0 fully saturated rings. The summed E-state index contributed by atoms with van der Waals surface area (Å²) in [7, 11) is 4.27. The second-order valence-electron chi connectivity index (χ2n) is 6.86. The van der Waals surface area contributed by atoms with Gasteiger partial charge in [0.15, 0.2) is 0 Å². The molecule has 2 aromatic rings. The van der Waals surface area contributed by atoms with Gasteiger partial charge in [0, 0.05) is 18.7 Å². The largest absolute Gasteiger partial charge is 0.489 e. The summed E-state index contributed by atoms with van der Waals surface area (Å²) in [4.78, 5) is 4.81. The average molecular weight is 324 g/mol. The fourth-order valence-electron chi connectivity index (χ4n) is 3.46. The van der Waals surface area contributed by atoms with E-state index in [0.717, 1.165) is 25.4 Å². The lowest BCUT2D eigenvalue weighted by Gasteiger charge is -2.33. The van der Waals surface area contributed by atoms with Crippen molar-refractivity contribution >= 4 is 0 Å². The Balaban J connectivity index is 2.09. The highest BCUT2D eigenvalue weighted by molar-refractivity contribution is 5.47. The Bertz CT molecular complexity index is 696. The summed E-state index contributed by atoms with van der Waals surface area (Å²) >= 11 is 0. The Morgan fingerprint density at radius 2 is 1.83 bits per heavy atom. The molecular formula is C21H28N2O. The molecule has 1 unspecified atom stereocenters. The van der Waals surface area contributed by atoms with Crippen molar-refractivity contribution in [3.63, 3.8) is 0 Å². The number of benzene rings is 2. The lowest BCUT2D eigenvalue weighted by Crippen LogP contribution is -2.35. The van der Waals surface area contributed by atoms with Crippen molar-refractivity contribution in [2.45, 2.75) is 26.5 Å². The Labute approximate surface area is 145 Å². The average Bonchev–Trinajstić information content (AvgIpc) is 2.73. The van der Waals surface area contributed by atoms with Gasteiger partial charge in [-0.3, -0.25) is 4.90 Å². The molecule has 3 nitrogen and oxygen atoms in total. The zero-order valence-corrected chi connectivity index (χ0v) is 15.2. The molecule has 1 aliphatic heterocycles. The second-order valence-corrected chi connectivity index (χ2v) is 6.86. The number of fused-ring (bicyclic) bond motifs is 2. The van der Waals surface area contributed by atoms with Gasteiger partial charge in [-0.25, -0.2) is 0 Å². The van der Waals surface area contributed by atoms with Crippen LogP contribution in [-0.4, -0.2) is 43.5 Å². The predicted molar refractivity (Wildman–Crippen MR) is 99.6 cm³/mol. The number of hydrogen-bond acceptors (Lipinski definition) is 3. The van der Waals surface area contributed by atoms with E-state index < -0.39 is 0 Å². The van der Waals surface area contributed by atoms with Crippen LogP contribution in [0.5, 0.6) is 5.75 Å². The molecule has 3 heteroatoms. The van der Waals surface area contributed by atoms with Gasteiger partial charge < -0.3 is 9.64 Å². The van der Waals surface area contributed by atoms with Crippen LogP contribution in [0.2, 0.25) is 0 Å². The monoisotopic (exact) mass is 324 g/mol. The van der Waals surface area contributed by atoms with Gasteiger partial charge in [0.2, 0.25) is 0 Å². The minimum Gasteiger partial charge on any atom is -0.489 e. The van der Waals surface area contributed by atoms with Crippen LogP contribution in [0, 0.1) is 6.92 Å². The maximum atomic E-state index is 6.14. The Morgan fingerprint density at radius 3 is 2.58 bits per heavy atom. The third-order valence-corrected chi connectivity index (χ3v) is 4.80. The zero-order chi connectivity index (χ0) is 17.1. The van der Waals surface area contributed by atoms with Crippen molar-refractivity contribution in [1.82, 2.24) is 9.80 Å². The number of ether oxygens (including phenoxy) is 1. The number of rotatable bonds is 5. The molecule has 1 aliphatic rings. The molecule has 24 heavy (non-hydrogen) atoms. The standard InChI is InChI=1S/C21H28N2O/c1-5-23(13-12-22(3)4)21-18-9-7-6-8-17(18)15-24-20-11-10-16(2)14-19(20)21/h6-11,14,21H,5,12-13,15H2,1-4H3. The van der Waals surface area contributed by atoms with Crippen molar-refractivity contribution in [3.05, 3.63) is 64.7 Å². The first-order valence-electron chi connectivity index (χ1n) is 8.80. The van der Waals surface area contributed by atoms with Crippen molar-refractivity contribution in [2.24, 2.45) is 0 Å². The summed E-state index contributed by atoms with van der Waals surface area (Å²) < 4.78 is 6.14. The zero-order valence-electron chi connectivity index (χ0n) is 15.2. The maximum absolute atomic E-state index is 6.14. The molecule has 2 aromatic carbocycles. The van der Waals surface area contributed by atoms with Crippen molar-refractivity contribution in [2.75, 3.05) is 33.7 Å². The van der Waals surface area contributed by atoms with Gasteiger partial charge in [-0.05, 0) is 44.8 Å². The third-order valence-electron chi connectivity index (χ3n) is 4.80. The van der Waals surface area contributed by atoms with Crippen molar-refractivity contribution in [1.29, 1.82) is 0 Å². The Morgan fingerprint density at radius 1 is 1.04 bits per heavy atom. The summed E-state index contributed by atoms with van der Waals surface area (Å²) in [6.45, 7) is 8.16. The quantitative estimate of drug-likeness (QED) is 0.830. The van der Waals surface area contributed by atoms with Gasteiger partial charge in [-0.15, -0.1) is 0 Å². The van der Waals surface area contributed by atoms with Gasteiger partial charge in [-0.1, -0.05) is 48.9 Å². The summed E-state index contributed by atoms with van der Waals surface area (Å²) in [6, 6.07) is 15.5. The molecule has 128 valence electrons. The summed E-state index contributed by atoms with van der Waals surface area (Å²) in [5.74, 6) is 1.02. The number of hydrogen-bond donors (Lipinski definition) is 0. The number of nitrogens with zero attached hydrogens (tertiary/aromatic N) is 2. The van der Waals surface area contributed by atoms with E-state index in [4.69, 9.17) is 4.74 Å². The summed E-state index contributed by atoms with van der Waals surface area (Å²) in [6.07, 6.45) is 0. The van der Waals surface area contributed by atoms with Crippen LogP contribution in [0.4, 0.5) is 0 Å². The molecule has 0 spiro atoms. The first-order chi connectivity index (χ1) is 11.6. The minimum atomic E-state index is 0.253. The van der Waals surface area contributed by atoms with Gasteiger partial charge in [0.25, 0.3) is 0 Å². The molecule has 0 saturated heterocycles. The summed E-state index contributed by atoms with van der Waals surface area (Å²) in [5.41, 5.74) is 5.24. The molecule has 0 aromatic heterocycles. The molecule has 3 rings (SSSR count). The first kappa shape index (κ1) is 17.0. The van der Waals surface area contributed by atoms with Crippen LogP contribution in [0.1, 0.15) is 35.2 Å². The summed E-state index contributed by atoms with van der Waals surface area (Å²) in [5, 5.41) is 0. The van der Waals surface area contributed by atoms with E-state index in [2.05, 4.69) is 80.2 Å². The molecule has 1 heterocycles. The highest BCUT2D eigenvalue weighted by Crippen LogP contribution is 2.39. The molecule has 0 amide bonds. The smallest absolute Gasteiger partial charge is 0.124 e. The lowest BCUT2D eigenvalue weighted by atomic mass is 9.92. The third kappa shape index (κ3) is 3.47. The van der Waals surface area contributed by atoms with E-state index in [1.165, 1.54) is 22.3 Å².